The maximum Gasteiger partial charge on any atom is 0.253 e. The number of likely N-dealkylation sites (tertiary alicyclic amines) is 1. The molecule has 2 aromatic carbocycles. The number of benzene rings is 2. The van der Waals surface area contributed by atoms with Crippen LogP contribution in [-0.4, -0.2) is 73.5 Å². The fraction of sp³-hybridized carbons (Fsp3) is 0.423. The molecule has 36 heavy (non-hydrogen) atoms. The first kappa shape index (κ1) is 26.5. The number of hydrogen-bond donors (Lipinski definition) is 3. The molecule has 0 radical (unpaired) electrons. The van der Waals surface area contributed by atoms with Gasteiger partial charge in [-0.15, -0.1) is 0 Å². The van der Waals surface area contributed by atoms with Gasteiger partial charge in [0.15, 0.2) is 9.84 Å². The highest BCUT2D eigenvalue weighted by Crippen LogP contribution is 2.26. The van der Waals surface area contributed by atoms with E-state index in [-0.39, 0.29) is 23.5 Å². The summed E-state index contributed by atoms with van der Waals surface area (Å²) in [7, 11) is -3.34. The molecule has 0 bridgehead atoms. The third-order valence-corrected chi connectivity index (χ3v) is 7.83. The molecule has 1 aliphatic heterocycles. The largest absolute Gasteiger partial charge is 0.490 e. The second-order valence-corrected chi connectivity index (χ2v) is 12.3. The van der Waals surface area contributed by atoms with E-state index >= 15 is 0 Å². The fourth-order valence-electron chi connectivity index (χ4n) is 4.54. The van der Waals surface area contributed by atoms with Crippen LogP contribution in [0, 0.1) is 6.92 Å². The van der Waals surface area contributed by atoms with E-state index in [4.69, 9.17) is 16.3 Å². The number of hydrogen-bond acceptors (Lipinski definition) is 6. The van der Waals surface area contributed by atoms with Crippen molar-refractivity contribution in [2.45, 2.75) is 43.3 Å². The van der Waals surface area contributed by atoms with Crippen molar-refractivity contribution in [1.82, 2.24) is 15.2 Å². The van der Waals surface area contributed by atoms with Crippen LogP contribution in [0.2, 0.25) is 5.02 Å². The number of fused-ring (bicyclic) bond motifs is 1. The first-order valence-electron chi connectivity index (χ1n) is 11.9. The Kier molecular flexibility index (Phi) is 7.66. The number of piperidine rings is 1. The molecule has 4 rings (SSSR count). The lowest BCUT2D eigenvalue weighted by atomic mass is 10.0. The summed E-state index contributed by atoms with van der Waals surface area (Å²) in [6.07, 6.45) is 4.48. The third-order valence-electron chi connectivity index (χ3n) is 6.49. The maximum atomic E-state index is 12.8. The number of H-pyrrole nitrogens is 1. The van der Waals surface area contributed by atoms with Crippen LogP contribution in [0.5, 0.6) is 5.75 Å². The van der Waals surface area contributed by atoms with E-state index < -0.39 is 15.4 Å². The highest BCUT2D eigenvalue weighted by molar-refractivity contribution is 7.90. The van der Waals surface area contributed by atoms with Gasteiger partial charge in [0.1, 0.15) is 11.9 Å². The molecule has 0 aliphatic carbocycles. The van der Waals surface area contributed by atoms with Crippen LogP contribution in [0.15, 0.2) is 47.5 Å². The minimum Gasteiger partial charge on any atom is -0.490 e. The van der Waals surface area contributed by atoms with Gasteiger partial charge in [0.25, 0.3) is 5.91 Å². The molecule has 1 fully saturated rings. The average molecular weight is 534 g/mol. The number of aromatic amines is 1. The number of halogens is 1. The Hall–Kier alpha value is -2.59. The van der Waals surface area contributed by atoms with E-state index in [2.05, 4.69) is 15.2 Å². The number of rotatable bonds is 8. The molecule has 0 saturated carbocycles. The second-order valence-electron chi connectivity index (χ2n) is 9.86. The Morgan fingerprint density at radius 3 is 2.64 bits per heavy atom. The van der Waals surface area contributed by atoms with E-state index in [1.807, 2.05) is 25.1 Å². The molecule has 8 nitrogen and oxygen atoms in total. The number of β-amino-alcohol motifs (C(OH)–C–C–N with tert-alkyl or cyclic N) is 1. The molecule has 1 aromatic heterocycles. The van der Waals surface area contributed by atoms with Gasteiger partial charge in [-0.05, 0) is 62.6 Å². The van der Waals surface area contributed by atoms with Gasteiger partial charge in [-0.25, -0.2) is 8.42 Å². The standard InChI is InChI=1S/C26H32ClN3O5S/c1-17-12-18(27)4-7-24(17)35-19-8-10-30(11-9-19)16-26(2,32)15-29-25(31)22-14-28-23-13-20(36(3,33)34)5-6-21(22)23/h4-7,12-14,19,28,32H,8-11,15-16H2,1-3H3,(H,29,31)/t26-/m1/s1. The lowest BCUT2D eigenvalue weighted by Gasteiger charge is -2.36. The summed E-state index contributed by atoms with van der Waals surface area (Å²) in [5.74, 6) is 0.511. The number of nitrogens with one attached hydrogen (secondary N) is 2. The van der Waals surface area contributed by atoms with Gasteiger partial charge in [-0.1, -0.05) is 17.7 Å². The van der Waals surface area contributed by atoms with Gasteiger partial charge in [0.2, 0.25) is 0 Å². The van der Waals surface area contributed by atoms with Crippen molar-refractivity contribution in [3.05, 3.63) is 58.7 Å². The van der Waals surface area contributed by atoms with E-state index in [9.17, 15) is 18.3 Å². The summed E-state index contributed by atoms with van der Waals surface area (Å²) in [6.45, 7) is 5.76. The maximum absolute atomic E-state index is 12.8. The van der Waals surface area contributed by atoms with Crippen LogP contribution >= 0.6 is 11.6 Å². The lowest BCUT2D eigenvalue weighted by Crippen LogP contribution is -2.51. The number of carbonyl (C=O) groups excluding carboxylic acids is 1. The van der Waals surface area contributed by atoms with Crippen molar-refractivity contribution in [3.8, 4) is 5.75 Å². The summed E-state index contributed by atoms with van der Waals surface area (Å²) in [5.41, 5.74) is 0.853. The highest BCUT2D eigenvalue weighted by Gasteiger charge is 2.29. The highest BCUT2D eigenvalue weighted by atomic mass is 35.5. The van der Waals surface area contributed by atoms with Crippen molar-refractivity contribution in [1.29, 1.82) is 0 Å². The zero-order valence-corrected chi connectivity index (χ0v) is 22.2. The molecular weight excluding hydrogens is 502 g/mol. The normalized spacial score (nSPS) is 17.1. The minimum absolute atomic E-state index is 0.0837. The average Bonchev–Trinajstić information content (AvgIpc) is 3.23. The summed E-state index contributed by atoms with van der Waals surface area (Å²) in [5, 5.41) is 15.1. The Morgan fingerprint density at radius 1 is 1.25 bits per heavy atom. The van der Waals surface area contributed by atoms with E-state index in [1.165, 1.54) is 12.1 Å². The number of carbonyl (C=O) groups is 1. The Balaban J connectivity index is 1.28. The number of ether oxygens (including phenoxy) is 1. The molecule has 1 atom stereocenters. The fourth-order valence-corrected chi connectivity index (χ4v) is 5.41. The predicted octanol–water partition coefficient (Wildman–Crippen LogP) is 3.56. The minimum atomic E-state index is -3.34. The van der Waals surface area contributed by atoms with Crippen LogP contribution in [0.1, 0.15) is 35.7 Å². The van der Waals surface area contributed by atoms with Crippen molar-refractivity contribution in [2.75, 3.05) is 32.4 Å². The summed E-state index contributed by atoms with van der Waals surface area (Å²) in [6, 6.07) is 10.2. The first-order valence-corrected chi connectivity index (χ1v) is 14.2. The van der Waals surface area contributed by atoms with Gasteiger partial charge < -0.3 is 25.0 Å². The number of sulfone groups is 1. The predicted molar refractivity (Wildman–Crippen MR) is 141 cm³/mol. The number of amides is 1. The number of aryl methyl sites for hydroxylation is 1. The molecule has 1 amide bonds. The van der Waals surface area contributed by atoms with E-state index in [1.54, 1.807) is 19.2 Å². The molecule has 1 aliphatic rings. The molecule has 0 unspecified atom stereocenters. The van der Waals surface area contributed by atoms with Crippen LogP contribution in [-0.2, 0) is 9.84 Å². The van der Waals surface area contributed by atoms with Crippen molar-refractivity contribution in [2.24, 2.45) is 0 Å². The number of aromatic nitrogens is 1. The summed E-state index contributed by atoms with van der Waals surface area (Å²) in [4.78, 5) is 18.1. The smallest absolute Gasteiger partial charge is 0.253 e. The van der Waals surface area contributed by atoms with Crippen LogP contribution < -0.4 is 10.1 Å². The molecule has 1 saturated heterocycles. The van der Waals surface area contributed by atoms with E-state index in [0.29, 0.717) is 28.0 Å². The topological polar surface area (TPSA) is 112 Å². The Bertz CT molecular complexity index is 1360. The molecular formula is C26H32ClN3O5S. The SMILES string of the molecule is Cc1cc(Cl)ccc1OC1CCN(C[C@](C)(O)CNC(=O)c2c[nH]c3cc(S(C)(=O)=O)ccc23)CC1. The molecule has 194 valence electrons. The summed E-state index contributed by atoms with van der Waals surface area (Å²) >= 11 is 6.03. The van der Waals surface area contributed by atoms with Crippen LogP contribution in [0.25, 0.3) is 10.9 Å². The Labute approximate surface area is 216 Å². The monoisotopic (exact) mass is 533 g/mol. The number of nitrogens with zero attached hydrogens (tertiary/aromatic N) is 1. The summed E-state index contributed by atoms with van der Waals surface area (Å²) < 4.78 is 29.7. The van der Waals surface area contributed by atoms with E-state index in [0.717, 1.165) is 43.5 Å². The van der Waals surface area contributed by atoms with Crippen molar-refractivity contribution in [3.63, 3.8) is 0 Å². The molecule has 0 spiro atoms. The third kappa shape index (κ3) is 6.39. The van der Waals surface area contributed by atoms with Gasteiger partial charge in [-0.3, -0.25) is 4.79 Å². The zero-order chi connectivity index (χ0) is 26.1. The van der Waals surface area contributed by atoms with Gasteiger partial charge in [-0.2, -0.15) is 0 Å². The van der Waals surface area contributed by atoms with Crippen molar-refractivity contribution >= 4 is 38.2 Å². The molecule has 3 N–H and O–H groups in total. The first-order chi connectivity index (χ1) is 16.9. The van der Waals surface area contributed by atoms with Crippen molar-refractivity contribution < 1.29 is 23.1 Å². The zero-order valence-electron chi connectivity index (χ0n) is 20.7. The Morgan fingerprint density at radius 2 is 1.97 bits per heavy atom. The van der Waals surface area contributed by atoms with Crippen LogP contribution in [0.3, 0.4) is 0 Å². The molecule has 2 heterocycles. The van der Waals surface area contributed by atoms with Gasteiger partial charge in [0.05, 0.1) is 16.1 Å². The van der Waals surface area contributed by atoms with Gasteiger partial charge in [0, 0.05) is 54.6 Å². The molecule has 10 heteroatoms. The van der Waals surface area contributed by atoms with Gasteiger partial charge >= 0.3 is 0 Å². The second kappa shape index (κ2) is 10.4. The molecule has 3 aromatic rings. The quantitative estimate of drug-likeness (QED) is 0.408. The van der Waals surface area contributed by atoms with Crippen LogP contribution in [0.4, 0.5) is 0 Å². The number of aliphatic hydroxyl groups is 1. The lowest BCUT2D eigenvalue weighted by molar-refractivity contribution is 0.00223.